The predicted octanol–water partition coefficient (Wildman–Crippen LogP) is 24.3. The Morgan fingerprint density at radius 2 is 0.360 bits per heavy atom. The monoisotopic (exact) mass is 1090 g/mol. The first-order chi connectivity index (χ1) is 42.7. The maximum absolute atomic E-state index is 2.33. The highest BCUT2D eigenvalue weighted by molar-refractivity contribution is 6.19. The van der Waals surface area contributed by atoms with Crippen LogP contribution in [0.4, 0.5) is 0 Å². The van der Waals surface area contributed by atoms with Gasteiger partial charge in [0.15, 0.2) is 0 Å². The van der Waals surface area contributed by atoms with Crippen molar-refractivity contribution in [3.05, 3.63) is 352 Å². The molecule has 0 atom stereocenters. The lowest BCUT2D eigenvalue weighted by Crippen LogP contribution is -1.93. The Morgan fingerprint density at radius 3 is 0.767 bits per heavy atom. The summed E-state index contributed by atoms with van der Waals surface area (Å²) in [5, 5.41) is 20.4. The van der Waals surface area contributed by atoms with Crippen LogP contribution in [0.3, 0.4) is 0 Å². The van der Waals surface area contributed by atoms with Crippen molar-refractivity contribution in [2.24, 2.45) is 0 Å². The Labute approximate surface area is 501 Å². The summed E-state index contributed by atoms with van der Waals surface area (Å²) >= 11 is 0. The molecule has 0 heterocycles. The first-order valence-corrected chi connectivity index (χ1v) is 29.7. The highest BCUT2D eigenvalue weighted by Crippen LogP contribution is 2.48. The summed E-state index contributed by atoms with van der Waals surface area (Å²) in [6, 6.07) is 127. The van der Waals surface area contributed by atoms with Crippen molar-refractivity contribution < 1.29 is 0 Å². The van der Waals surface area contributed by atoms with Gasteiger partial charge in [-0.1, -0.05) is 352 Å². The molecule has 0 aliphatic carbocycles. The molecule has 17 aromatic rings. The van der Waals surface area contributed by atoms with E-state index in [1.54, 1.807) is 0 Å². The number of rotatable bonds is 6. The fraction of sp³-hybridized carbons (Fsp3) is 0. The topological polar surface area (TPSA) is 0 Å². The van der Waals surface area contributed by atoms with Crippen LogP contribution in [-0.4, -0.2) is 0 Å². The zero-order valence-corrected chi connectivity index (χ0v) is 47.5. The fourth-order valence-electron chi connectivity index (χ4n) is 13.3. The Kier molecular flexibility index (Phi) is 13.7. The van der Waals surface area contributed by atoms with Gasteiger partial charge in [0.1, 0.15) is 0 Å². The highest BCUT2D eigenvalue weighted by atomic mass is 14.2. The van der Waals surface area contributed by atoms with Gasteiger partial charge in [0.25, 0.3) is 0 Å². The van der Waals surface area contributed by atoms with E-state index in [0.29, 0.717) is 0 Å². The van der Waals surface area contributed by atoms with Crippen molar-refractivity contribution in [1.82, 2.24) is 0 Å². The molecule has 86 heavy (non-hydrogen) atoms. The summed E-state index contributed by atoms with van der Waals surface area (Å²) in [4.78, 5) is 0. The first kappa shape index (κ1) is 51.7. The molecule has 0 fully saturated rings. The normalized spacial score (nSPS) is 11.3. The van der Waals surface area contributed by atoms with Crippen LogP contribution in [0, 0.1) is 0 Å². The zero-order chi connectivity index (χ0) is 57.2. The molecule has 0 radical (unpaired) electrons. The largest absolute Gasteiger partial charge is 0.0623 e. The number of hydrogen-bond acceptors (Lipinski definition) is 0. The minimum atomic E-state index is 1.23. The molecule has 17 rings (SSSR count). The molecule has 0 aromatic heterocycles. The van der Waals surface area contributed by atoms with E-state index in [1.807, 2.05) is 36.4 Å². The number of fused-ring (bicyclic) bond motifs is 11. The first-order valence-electron chi connectivity index (χ1n) is 29.7. The quantitative estimate of drug-likeness (QED) is 0.146. The SMILES string of the molecule is c1ccc(-c2ccc3ccccc3c2-c2ccccc2-c2cccc3c2ccc2ccccc23)cc1.c1ccc(-c2cccc3c2ccc2ccccc23)c(-c2c(-c3cccc4c3ccc3ccccc34)ccc3ccccc23)c1.c1ccccc1. The zero-order valence-electron chi connectivity index (χ0n) is 47.5. The summed E-state index contributed by atoms with van der Waals surface area (Å²) < 4.78 is 0. The molecule has 17 aromatic carbocycles. The second-order valence-electron chi connectivity index (χ2n) is 22.1. The molecule has 0 heteroatoms. The Hall–Kier alpha value is -11.2. The molecule has 0 saturated carbocycles. The minimum Gasteiger partial charge on any atom is -0.0623 e. The molecular weight excluding hydrogens is 1030 g/mol. The molecule has 0 saturated heterocycles. The van der Waals surface area contributed by atoms with Gasteiger partial charge in [-0.2, -0.15) is 0 Å². The fourth-order valence-corrected chi connectivity index (χ4v) is 13.3. The third kappa shape index (κ3) is 9.50. The van der Waals surface area contributed by atoms with Gasteiger partial charge in [0.05, 0.1) is 0 Å². The Morgan fingerprint density at radius 1 is 0.105 bits per heavy atom. The van der Waals surface area contributed by atoms with Crippen LogP contribution in [0.2, 0.25) is 0 Å². The minimum absolute atomic E-state index is 1.23. The van der Waals surface area contributed by atoms with Crippen molar-refractivity contribution in [2.45, 2.75) is 0 Å². The molecule has 0 unspecified atom stereocenters. The van der Waals surface area contributed by atoms with Crippen molar-refractivity contribution in [2.75, 3.05) is 0 Å². The molecule has 0 amide bonds. The molecule has 0 aliphatic heterocycles. The second kappa shape index (κ2) is 22.9. The smallest absolute Gasteiger partial charge is 0.00204 e. The molecule has 0 N–H and O–H groups in total. The molecular formula is C86H58. The summed E-state index contributed by atoms with van der Waals surface area (Å²) in [5.41, 5.74) is 15.1. The second-order valence-corrected chi connectivity index (χ2v) is 22.1. The standard InChI is InChI=1S/C44H28.C36H24.C6H6/c1-4-14-32-29(11-1)23-26-40-35(32)19-9-21-37(40)38-17-7-8-18-42(38)44-34-16-6-3-13-31(34)25-28-43(44)39-22-10-20-36-33-15-5-2-12-30(33)24-27-41(36)39;1-2-11-25(12-3-1)30-23-21-27-14-5-7-16-29(27)36(30)35-18-9-8-17-33(35)32-20-10-19-31-28-15-6-4-13-26(28)22-24-34(31)32;1-2-4-6-5-3-1/h1-28H;1-24H;1-6H. The highest BCUT2D eigenvalue weighted by Gasteiger charge is 2.21. The third-order valence-corrected chi connectivity index (χ3v) is 17.2. The summed E-state index contributed by atoms with van der Waals surface area (Å²) in [7, 11) is 0. The van der Waals surface area contributed by atoms with Crippen LogP contribution in [0.25, 0.3) is 153 Å². The van der Waals surface area contributed by atoms with Gasteiger partial charge >= 0.3 is 0 Å². The average molecular weight is 1090 g/mol. The van der Waals surface area contributed by atoms with Crippen molar-refractivity contribution in [3.8, 4) is 66.8 Å². The number of benzene rings is 17. The van der Waals surface area contributed by atoms with Gasteiger partial charge < -0.3 is 0 Å². The number of hydrogen-bond donors (Lipinski definition) is 0. The summed E-state index contributed by atoms with van der Waals surface area (Å²) in [5.74, 6) is 0. The van der Waals surface area contributed by atoms with Crippen LogP contribution in [0.5, 0.6) is 0 Å². The molecule has 0 aliphatic rings. The van der Waals surface area contributed by atoms with E-state index in [2.05, 4.69) is 315 Å². The third-order valence-electron chi connectivity index (χ3n) is 17.2. The van der Waals surface area contributed by atoms with Gasteiger partial charge in [-0.05, 0) is 153 Å². The van der Waals surface area contributed by atoms with Gasteiger partial charge in [0, 0.05) is 0 Å². The van der Waals surface area contributed by atoms with Crippen molar-refractivity contribution in [1.29, 1.82) is 0 Å². The van der Waals surface area contributed by atoms with Gasteiger partial charge in [-0.25, -0.2) is 0 Å². The summed E-state index contributed by atoms with van der Waals surface area (Å²) in [6.07, 6.45) is 0. The van der Waals surface area contributed by atoms with E-state index in [0.717, 1.165) is 0 Å². The molecule has 0 spiro atoms. The van der Waals surface area contributed by atoms with E-state index in [4.69, 9.17) is 0 Å². The molecule has 402 valence electrons. The Bertz CT molecular complexity index is 5320. The van der Waals surface area contributed by atoms with Crippen LogP contribution >= 0.6 is 0 Å². The summed E-state index contributed by atoms with van der Waals surface area (Å²) in [6.45, 7) is 0. The van der Waals surface area contributed by atoms with Gasteiger partial charge in [-0.15, -0.1) is 0 Å². The van der Waals surface area contributed by atoms with Crippen molar-refractivity contribution in [3.63, 3.8) is 0 Å². The lowest BCUT2D eigenvalue weighted by molar-refractivity contribution is 1.60. The van der Waals surface area contributed by atoms with Gasteiger partial charge in [0.2, 0.25) is 0 Å². The Balaban J connectivity index is 0.000000135. The maximum Gasteiger partial charge on any atom is -0.00204 e. The van der Waals surface area contributed by atoms with Crippen LogP contribution in [-0.2, 0) is 0 Å². The molecule has 0 bridgehead atoms. The predicted molar refractivity (Wildman–Crippen MR) is 372 cm³/mol. The van der Waals surface area contributed by atoms with Gasteiger partial charge in [-0.3, -0.25) is 0 Å². The molecule has 0 nitrogen and oxygen atoms in total. The van der Waals surface area contributed by atoms with Crippen LogP contribution in [0.1, 0.15) is 0 Å². The van der Waals surface area contributed by atoms with E-state index < -0.39 is 0 Å². The van der Waals surface area contributed by atoms with Crippen molar-refractivity contribution >= 4 is 86.2 Å². The van der Waals surface area contributed by atoms with E-state index in [9.17, 15) is 0 Å². The van der Waals surface area contributed by atoms with E-state index in [-0.39, 0.29) is 0 Å². The van der Waals surface area contributed by atoms with Crippen LogP contribution < -0.4 is 0 Å². The lowest BCUT2D eigenvalue weighted by atomic mass is 9.83. The lowest BCUT2D eigenvalue weighted by Gasteiger charge is -2.20. The average Bonchev–Trinajstić information content (AvgIpc) is 1.37. The maximum atomic E-state index is 2.33. The van der Waals surface area contributed by atoms with E-state index >= 15 is 0 Å². The van der Waals surface area contributed by atoms with E-state index in [1.165, 1.54) is 153 Å². The van der Waals surface area contributed by atoms with Crippen LogP contribution in [0.15, 0.2) is 352 Å².